The van der Waals surface area contributed by atoms with E-state index >= 15 is 0 Å². The predicted molar refractivity (Wildman–Crippen MR) is 62.9 cm³/mol. The molecule has 1 N–H and O–H groups in total. The molecule has 7 nitrogen and oxygen atoms in total. The van der Waals surface area contributed by atoms with Crippen LogP contribution in [0.5, 0.6) is 0 Å². The monoisotopic (exact) mass is 264 g/mol. The average molecular weight is 264 g/mol. The predicted octanol–water partition coefficient (Wildman–Crippen LogP) is 0.0396. The molecule has 1 aromatic heterocycles. The Labute approximate surface area is 106 Å². The molecular formula is C10H8N4O3S. The molecule has 18 heavy (non-hydrogen) atoms. The highest BCUT2D eigenvalue weighted by molar-refractivity contribution is 8.03. The number of carbonyl (C=O) groups is 2. The molecule has 0 aliphatic carbocycles. The van der Waals surface area contributed by atoms with Crippen molar-refractivity contribution in [2.45, 2.75) is 5.37 Å². The van der Waals surface area contributed by atoms with Crippen molar-refractivity contribution < 1.29 is 14.7 Å². The second-order valence-electron chi connectivity index (χ2n) is 3.83. The van der Waals surface area contributed by atoms with Crippen LogP contribution in [0.2, 0.25) is 0 Å². The minimum atomic E-state index is -1.09. The first kappa shape index (κ1) is 11.0. The van der Waals surface area contributed by atoms with Crippen molar-refractivity contribution in [3.8, 4) is 0 Å². The molecule has 92 valence electrons. The fraction of sp³-hybridized carbons (Fsp3) is 0.200. The number of carbonyl (C=O) groups excluding carboxylic acids is 1. The number of aromatic nitrogens is 3. The first-order valence-corrected chi connectivity index (χ1v) is 6.02. The van der Waals surface area contributed by atoms with Crippen molar-refractivity contribution in [1.82, 2.24) is 19.9 Å². The summed E-state index contributed by atoms with van der Waals surface area (Å²) in [7, 11) is 1.69. The van der Waals surface area contributed by atoms with Crippen LogP contribution in [0.15, 0.2) is 22.9 Å². The number of carboxylic acids is 1. The highest BCUT2D eigenvalue weighted by atomic mass is 32.2. The Morgan fingerprint density at radius 2 is 2.39 bits per heavy atom. The maximum Gasteiger partial charge on any atom is 0.353 e. The van der Waals surface area contributed by atoms with Crippen LogP contribution in [-0.2, 0) is 16.6 Å². The molecule has 2 aliphatic heterocycles. The van der Waals surface area contributed by atoms with Crippen molar-refractivity contribution in [3.63, 3.8) is 0 Å². The van der Waals surface area contributed by atoms with Gasteiger partial charge in [0.2, 0.25) is 0 Å². The summed E-state index contributed by atoms with van der Waals surface area (Å²) in [4.78, 5) is 25.4. The number of amides is 1. The van der Waals surface area contributed by atoms with E-state index in [0.29, 0.717) is 11.3 Å². The Balaban J connectivity index is 1.86. The highest BCUT2D eigenvalue weighted by Gasteiger charge is 2.49. The Morgan fingerprint density at radius 1 is 1.61 bits per heavy atom. The van der Waals surface area contributed by atoms with E-state index in [0.717, 1.165) is 0 Å². The van der Waals surface area contributed by atoms with Crippen LogP contribution < -0.4 is 0 Å². The van der Waals surface area contributed by atoms with Crippen molar-refractivity contribution in [2.24, 2.45) is 7.05 Å². The van der Waals surface area contributed by atoms with Gasteiger partial charge in [0.25, 0.3) is 5.91 Å². The summed E-state index contributed by atoms with van der Waals surface area (Å²) in [6.45, 7) is 0. The quantitative estimate of drug-likeness (QED) is 0.599. The lowest BCUT2D eigenvalue weighted by molar-refractivity contribution is -0.141. The first-order valence-electron chi connectivity index (χ1n) is 5.08. The average Bonchev–Trinajstić information content (AvgIpc) is 2.89. The summed E-state index contributed by atoms with van der Waals surface area (Å²) in [6.07, 6.45) is 3.19. The zero-order valence-corrected chi connectivity index (χ0v) is 10.1. The summed E-state index contributed by atoms with van der Waals surface area (Å²) < 4.78 is 0. The molecule has 3 rings (SSSR count). The molecule has 1 atom stereocenters. The first-order chi connectivity index (χ1) is 8.58. The largest absolute Gasteiger partial charge is 0.477 e. The third kappa shape index (κ3) is 1.46. The van der Waals surface area contributed by atoms with Crippen molar-refractivity contribution in [2.75, 3.05) is 0 Å². The number of hydrogen-bond acceptors (Lipinski definition) is 5. The summed E-state index contributed by atoms with van der Waals surface area (Å²) in [5, 5.41) is 18.1. The van der Waals surface area contributed by atoms with E-state index in [2.05, 4.69) is 10.2 Å². The van der Waals surface area contributed by atoms with E-state index in [1.165, 1.54) is 26.9 Å². The van der Waals surface area contributed by atoms with Crippen LogP contribution in [0, 0.1) is 0 Å². The number of thioether (sulfide) groups is 1. The van der Waals surface area contributed by atoms with Gasteiger partial charge in [0.15, 0.2) is 0 Å². The Kier molecular flexibility index (Phi) is 2.27. The molecule has 1 fully saturated rings. The molecule has 0 unspecified atom stereocenters. The van der Waals surface area contributed by atoms with Gasteiger partial charge >= 0.3 is 5.97 Å². The molecule has 0 saturated carbocycles. The van der Waals surface area contributed by atoms with Crippen LogP contribution in [0.4, 0.5) is 0 Å². The van der Waals surface area contributed by atoms with E-state index in [9.17, 15) is 9.59 Å². The summed E-state index contributed by atoms with van der Waals surface area (Å²) in [5.41, 5.74) is 1.17. The second kappa shape index (κ2) is 3.70. The molecule has 8 heteroatoms. The van der Waals surface area contributed by atoms with Crippen molar-refractivity contribution >= 4 is 29.7 Å². The van der Waals surface area contributed by atoms with Gasteiger partial charge in [-0.2, -0.15) is 15.0 Å². The molecular weight excluding hydrogens is 256 g/mol. The highest BCUT2D eigenvalue weighted by Crippen LogP contribution is 2.44. The summed E-state index contributed by atoms with van der Waals surface area (Å²) >= 11 is 1.31. The molecule has 1 aromatic rings. The van der Waals surface area contributed by atoms with Crippen LogP contribution in [0.1, 0.15) is 5.69 Å². The van der Waals surface area contributed by atoms with E-state index < -0.39 is 5.97 Å². The standard InChI is InChI=1S/C10H8N4O3S/c1-13-11-3-5(12-13)2-6-8(15)14-7(10(16)17)4-18-9(6)14/h2-4,9H,1H3,(H,16,17)/b6-2+/t9-/m1/s1. The van der Waals surface area contributed by atoms with Gasteiger partial charge in [0.1, 0.15) is 16.8 Å². The Morgan fingerprint density at radius 3 is 3.00 bits per heavy atom. The number of rotatable bonds is 2. The van der Waals surface area contributed by atoms with Gasteiger partial charge in [-0.3, -0.25) is 9.69 Å². The normalized spacial score (nSPS) is 23.9. The number of nitrogens with zero attached hydrogens (tertiary/aromatic N) is 4. The van der Waals surface area contributed by atoms with E-state index in [1.54, 1.807) is 19.3 Å². The number of aryl methyl sites for hydroxylation is 1. The number of carboxylic acid groups (broad SMARTS) is 1. The fourth-order valence-electron chi connectivity index (χ4n) is 1.85. The zero-order valence-electron chi connectivity index (χ0n) is 9.27. The number of fused-ring (bicyclic) bond motifs is 1. The number of hydrogen-bond donors (Lipinski definition) is 1. The topological polar surface area (TPSA) is 88.3 Å². The molecule has 0 bridgehead atoms. The molecule has 1 saturated heterocycles. The van der Waals surface area contributed by atoms with Gasteiger partial charge in [-0.1, -0.05) is 0 Å². The van der Waals surface area contributed by atoms with E-state index in [4.69, 9.17) is 5.11 Å². The molecule has 0 spiro atoms. The van der Waals surface area contributed by atoms with Gasteiger partial charge in [-0.05, 0) is 6.08 Å². The van der Waals surface area contributed by atoms with Crippen LogP contribution in [0.3, 0.4) is 0 Å². The van der Waals surface area contributed by atoms with E-state index in [1.807, 2.05) is 0 Å². The van der Waals surface area contributed by atoms with Crippen molar-refractivity contribution in [1.29, 1.82) is 0 Å². The van der Waals surface area contributed by atoms with Gasteiger partial charge in [-0.25, -0.2) is 4.79 Å². The summed E-state index contributed by atoms with van der Waals surface area (Å²) in [6, 6.07) is 0. The second-order valence-corrected chi connectivity index (χ2v) is 4.78. The van der Waals surface area contributed by atoms with Gasteiger partial charge < -0.3 is 5.11 Å². The molecule has 1 amide bonds. The van der Waals surface area contributed by atoms with E-state index in [-0.39, 0.29) is 17.0 Å². The smallest absolute Gasteiger partial charge is 0.353 e. The lowest BCUT2D eigenvalue weighted by Gasteiger charge is -2.36. The van der Waals surface area contributed by atoms with Gasteiger partial charge in [0, 0.05) is 12.5 Å². The lowest BCUT2D eigenvalue weighted by atomic mass is 10.0. The molecule has 0 radical (unpaired) electrons. The van der Waals surface area contributed by atoms with Crippen LogP contribution in [0.25, 0.3) is 6.08 Å². The lowest BCUT2D eigenvalue weighted by Crippen LogP contribution is -2.51. The molecule has 3 heterocycles. The minimum absolute atomic E-state index is 0.0336. The van der Waals surface area contributed by atoms with Crippen LogP contribution >= 0.6 is 11.8 Å². The summed E-state index contributed by atoms with van der Waals surface area (Å²) in [5.74, 6) is -1.37. The Hall–Kier alpha value is -2.09. The molecule has 0 aromatic carbocycles. The third-order valence-corrected chi connectivity index (χ3v) is 3.76. The van der Waals surface area contributed by atoms with Crippen LogP contribution in [-0.4, -0.2) is 42.3 Å². The SMILES string of the molecule is Cn1ncc(/C=C2\C(=O)N3C(C(=O)O)=CS[C@H]23)n1. The maximum absolute atomic E-state index is 11.9. The number of aliphatic carboxylic acids is 1. The zero-order chi connectivity index (χ0) is 12.9. The third-order valence-electron chi connectivity index (χ3n) is 2.67. The van der Waals surface area contributed by atoms with Gasteiger partial charge in [0.05, 0.1) is 11.8 Å². The van der Waals surface area contributed by atoms with Gasteiger partial charge in [-0.15, -0.1) is 11.8 Å². The number of β-lactam (4-membered cyclic amide) rings is 1. The maximum atomic E-state index is 11.9. The fourth-order valence-corrected chi connectivity index (χ4v) is 2.97. The molecule has 2 aliphatic rings. The van der Waals surface area contributed by atoms with Crippen molar-refractivity contribution in [3.05, 3.63) is 28.6 Å². The minimum Gasteiger partial charge on any atom is -0.477 e. The Bertz CT molecular complexity index is 618.